The molecule has 2 aromatic rings. The molecule has 0 bridgehead atoms. The normalized spacial score (nSPS) is 12.3. The summed E-state index contributed by atoms with van der Waals surface area (Å²) in [6.45, 7) is 0. The topological polar surface area (TPSA) is 24.9 Å². The van der Waals surface area contributed by atoms with Crippen LogP contribution in [0.2, 0.25) is 24.9 Å². The molecule has 2 rings (SSSR count). The molecular weight excluding hydrogens is 455 g/mol. The molecule has 0 unspecified atom stereocenters. The monoisotopic (exact) mass is 470 g/mol. The number of alkyl halides is 3. The molecule has 0 atom stereocenters. The first-order valence-corrected chi connectivity index (χ1v) is 17.5. The first-order valence-electron chi connectivity index (χ1n) is 6.79. The van der Waals surface area contributed by atoms with Crippen LogP contribution in [-0.2, 0) is 6.18 Å². The third-order valence-corrected chi connectivity index (χ3v) is 9.49. The van der Waals surface area contributed by atoms with Crippen molar-refractivity contribution in [3.63, 3.8) is 0 Å². The molecule has 0 fully saturated rings. The number of hydrogen-bond acceptors (Lipinski definition) is 2. The van der Waals surface area contributed by atoms with Gasteiger partial charge < -0.3 is 0 Å². The van der Waals surface area contributed by atoms with Crippen LogP contribution in [0.15, 0.2) is 30.3 Å². The van der Waals surface area contributed by atoms with Crippen molar-refractivity contribution < 1.29 is 13.2 Å². The maximum absolute atomic E-state index is 13.0. The van der Waals surface area contributed by atoms with Gasteiger partial charge in [-0.15, -0.1) is 0 Å². The van der Waals surface area contributed by atoms with Gasteiger partial charge in [-0.25, -0.2) is 0 Å². The molecular formula is C15H15Cl2F3N2Sn. The number of pyridine rings is 1. The zero-order chi connectivity index (χ0) is 17.4. The fourth-order valence-electron chi connectivity index (χ4n) is 2.04. The average Bonchev–Trinajstić information content (AvgIpc) is 2.39. The van der Waals surface area contributed by atoms with Crippen molar-refractivity contribution in [3.05, 3.63) is 46.1 Å². The zero-order valence-electron chi connectivity index (χ0n) is 12.7. The van der Waals surface area contributed by atoms with E-state index < -0.39 is 30.2 Å². The van der Waals surface area contributed by atoms with Crippen LogP contribution in [0.5, 0.6) is 0 Å². The van der Waals surface area contributed by atoms with Gasteiger partial charge in [0.2, 0.25) is 0 Å². The second kappa shape index (κ2) is 6.68. The molecule has 8 heteroatoms. The van der Waals surface area contributed by atoms with E-state index in [0.717, 1.165) is 9.65 Å². The fourth-order valence-corrected chi connectivity index (χ4v) is 6.52. The molecule has 2 nitrogen and oxygen atoms in total. The minimum absolute atomic E-state index is 0.215. The van der Waals surface area contributed by atoms with E-state index in [2.05, 4.69) is 25.1 Å². The second-order valence-corrected chi connectivity index (χ2v) is 21.3. The Hall–Kier alpha value is -0.661. The van der Waals surface area contributed by atoms with Crippen LogP contribution in [0.25, 0.3) is 0 Å². The van der Waals surface area contributed by atoms with E-state index in [4.69, 9.17) is 23.2 Å². The van der Waals surface area contributed by atoms with E-state index >= 15 is 0 Å². The van der Waals surface area contributed by atoms with Crippen molar-refractivity contribution >= 4 is 56.7 Å². The summed E-state index contributed by atoms with van der Waals surface area (Å²) in [7, 11) is 0. The number of halogens is 5. The van der Waals surface area contributed by atoms with E-state index in [-0.39, 0.29) is 5.82 Å². The zero-order valence-corrected chi connectivity index (χ0v) is 17.1. The predicted octanol–water partition coefficient (Wildman–Crippen LogP) is 5.70. The molecule has 0 saturated heterocycles. The Kier molecular flexibility index (Phi) is 5.43. The van der Waals surface area contributed by atoms with Crippen molar-refractivity contribution in [2.45, 2.75) is 21.0 Å². The molecule has 0 aliphatic rings. The second-order valence-electron chi connectivity index (χ2n) is 6.09. The summed E-state index contributed by atoms with van der Waals surface area (Å²) in [6, 6.07) is 7.32. The number of aromatic nitrogens is 1. The Labute approximate surface area is 146 Å². The van der Waals surface area contributed by atoms with E-state index in [0.29, 0.717) is 15.7 Å². The van der Waals surface area contributed by atoms with Crippen molar-refractivity contribution in [2.24, 2.45) is 0 Å². The molecule has 1 aromatic heterocycles. The molecule has 0 radical (unpaired) electrons. The fraction of sp³-hybridized carbons (Fsp3) is 0.267. The van der Waals surface area contributed by atoms with Gasteiger partial charge in [0.1, 0.15) is 0 Å². The van der Waals surface area contributed by atoms with E-state index in [9.17, 15) is 13.2 Å². The van der Waals surface area contributed by atoms with E-state index in [1.165, 1.54) is 12.1 Å². The van der Waals surface area contributed by atoms with Gasteiger partial charge in [-0.3, -0.25) is 0 Å². The number of anilines is 2. The molecule has 23 heavy (non-hydrogen) atoms. The maximum atomic E-state index is 13.0. The summed E-state index contributed by atoms with van der Waals surface area (Å²) in [5.74, 6) is 0.215. The predicted molar refractivity (Wildman–Crippen MR) is 92.0 cm³/mol. The third kappa shape index (κ3) is 4.67. The number of nitrogens with one attached hydrogen (secondary N) is 1. The van der Waals surface area contributed by atoms with Crippen LogP contribution >= 0.6 is 23.2 Å². The third-order valence-electron chi connectivity index (χ3n) is 3.18. The van der Waals surface area contributed by atoms with Gasteiger partial charge in [0.05, 0.1) is 0 Å². The van der Waals surface area contributed by atoms with Gasteiger partial charge in [0.15, 0.2) is 0 Å². The Bertz CT molecular complexity index is 728. The van der Waals surface area contributed by atoms with Crippen molar-refractivity contribution in [2.75, 3.05) is 5.32 Å². The van der Waals surface area contributed by atoms with Gasteiger partial charge >= 0.3 is 147 Å². The molecule has 0 aliphatic carbocycles. The van der Waals surface area contributed by atoms with Crippen LogP contribution in [-0.4, -0.2) is 23.4 Å². The standard InChI is InChI=1S/C12H6Cl2F3N2.3CH3.Sn/c13-7-4-5-9(8(14)6-7)18-11-3-1-2-10(19-11)12(15,16)17;;;;/h1-2,4-6H,(H,18,19);3*1H3;. The minimum atomic E-state index is -4.49. The summed E-state index contributed by atoms with van der Waals surface area (Å²) in [6.07, 6.45) is -4.49. The average molecular weight is 470 g/mol. The Morgan fingerprint density at radius 1 is 1.04 bits per heavy atom. The van der Waals surface area contributed by atoms with Crippen molar-refractivity contribution in [3.8, 4) is 0 Å². The summed E-state index contributed by atoms with van der Waals surface area (Å²) in [5, 5.41) is 3.72. The summed E-state index contributed by atoms with van der Waals surface area (Å²) in [4.78, 5) is 10.1. The summed E-state index contributed by atoms with van der Waals surface area (Å²) in [5.41, 5.74) is -0.455. The Morgan fingerprint density at radius 3 is 2.22 bits per heavy atom. The molecule has 1 aromatic carbocycles. The molecule has 0 spiro atoms. The van der Waals surface area contributed by atoms with Crippen molar-refractivity contribution in [1.29, 1.82) is 0 Å². The van der Waals surface area contributed by atoms with Gasteiger partial charge in [0.25, 0.3) is 0 Å². The van der Waals surface area contributed by atoms with Crippen LogP contribution in [0.1, 0.15) is 5.69 Å². The molecule has 1 heterocycles. The summed E-state index contributed by atoms with van der Waals surface area (Å²) >= 11 is 9.26. The first-order chi connectivity index (χ1) is 10.5. The number of nitrogens with zero attached hydrogens (tertiary/aromatic N) is 1. The number of benzene rings is 1. The quantitative estimate of drug-likeness (QED) is 0.584. The Balaban J connectivity index is 2.53. The molecule has 0 aliphatic heterocycles. The van der Waals surface area contributed by atoms with Gasteiger partial charge in [0, 0.05) is 0 Å². The first kappa shape index (κ1) is 18.7. The van der Waals surface area contributed by atoms with Crippen LogP contribution in [0.3, 0.4) is 0 Å². The van der Waals surface area contributed by atoms with Gasteiger partial charge in [-0.2, -0.15) is 0 Å². The summed E-state index contributed by atoms with van der Waals surface area (Å²) < 4.78 is 39.7. The van der Waals surface area contributed by atoms with E-state index in [1.54, 1.807) is 12.1 Å². The Morgan fingerprint density at radius 2 is 1.70 bits per heavy atom. The van der Waals surface area contributed by atoms with Crippen LogP contribution in [0.4, 0.5) is 24.7 Å². The molecule has 1 N–H and O–H groups in total. The number of hydrogen-bond donors (Lipinski definition) is 1. The number of rotatable bonds is 3. The molecule has 0 amide bonds. The van der Waals surface area contributed by atoms with Gasteiger partial charge in [-0.1, -0.05) is 0 Å². The molecule has 124 valence electrons. The van der Waals surface area contributed by atoms with Crippen molar-refractivity contribution in [1.82, 2.24) is 4.98 Å². The van der Waals surface area contributed by atoms with Crippen LogP contribution < -0.4 is 8.90 Å². The molecule has 0 saturated carbocycles. The SMILES string of the molecule is [CH3][Sn]([CH3])([CH3])[c]1ccc(C(F)(F)F)nc1Nc1ccc(Cl)cc1Cl. The van der Waals surface area contributed by atoms with E-state index in [1.807, 2.05) is 0 Å². The van der Waals surface area contributed by atoms with Gasteiger partial charge in [-0.05, 0) is 0 Å². The van der Waals surface area contributed by atoms with Crippen LogP contribution in [0, 0.1) is 0 Å².